The minimum absolute atomic E-state index is 0.165. The van der Waals surface area contributed by atoms with Crippen molar-refractivity contribution in [3.05, 3.63) is 66.6 Å². The molecular weight excluding hydrogens is 369 g/mol. The molecule has 0 aliphatic carbocycles. The van der Waals surface area contributed by atoms with E-state index in [-0.39, 0.29) is 5.91 Å². The van der Waals surface area contributed by atoms with Crippen LogP contribution in [0.2, 0.25) is 0 Å². The van der Waals surface area contributed by atoms with E-state index >= 15 is 0 Å². The van der Waals surface area contributed by atoms with E-state index in [0.717, 1.165) is 34.2 Å². The molecule has 0 bridgehead atoms. The predicted octanol–water partition coefficient (Wildman–Crippen LogP) is 5.00. The molecule has 0 saturated heterocycles. The standard InChI is InChI=1S/C20H15F3N4O/c1-12(28)26-19-10-24-18-7-2-13(8-17(18)19)14-9-25-27(11-14)16-5-3-15(4-6-16)20(21,22)23/h2-11,24H,1H3,(H,26,28). The molecule has 4 aromatic rings. The molecule has 5 nitrogen and oxygen atoms in total. The molecule has 4 rings (SSSR count). The van der Waals surface area contributed by atoms with E-state index in [4.69, 9.17) is 0 Å². The molecule has 8 heteroatoms. The van der Waals surface area contributed by atoms with Gasteiger partial charge in [0, 0.05) is 35.8 Å². The number of hydrogen-bond donors (Lipinski definition) is 2. The smallest absolute Gasteiger partial charge is 0.359 e. The summed E-state index contributed by atoms with van der Waals surface area (Å²) in [4.78, 5) is 14.4. The zero-order chi connectivity index (χ0) is 19.9. The number of hydrogen-bond acceptors (Lipinski definition) is 2. The number of rotatable bonds is 3. The molecule has 2 N–H and O–H groups in total. The number of aromatic nitrogens is 3. The lowest BCUT2D eigenvalue weighted by atomic mass is 10.1. The van der Waals surface area contributed by atoms with Crippen molar-refractivity contribution < 1.29 is 18.0 Å². The molecule has 0 aliphatic heterocycles. The van der Waals surface area contributed by atoms with Crippen LogP contribution in [0.1, 0.15) is 12.5 Å². The molecule has 2 heterocycles. The van der Waals surface area contributed by atoms with E-state index in [1.807, 2.05) is 18.2 Å². The lowest BCUT2D eigenvalue weighted by Crippen LogP contribution is -2.05. The molecule has 142 valence electrons. The first-order valence-electron chi connectivity index (χ1n) is 8.43. The highest BCUT2D eigenvalue weighted by Gasteiger charge is 2.30. The third kappa shape index (κ3) is 3.36. The molecule has 0 radical (unpaired) electrons. The van der Waals surface area contributed by atoms with Gasteiger partial charge in [0.2, 0.25) is 5.91 Å². The third-order valence-electron chi connectivity index (χ3n) is 4.37. The average molecular weight is 384 g/mol. The summed E-state index contributed by atoms with van der Waals surface area (Å²) in [5.74, 6) is -0.165. The maximum atomic E-state index is 12.7. The topological polar surface area (TPSA) is 62.7 Å². The molecule has 28 heavy (non-hydrogen) atoms. The summed E-state index contributed by atoms with van der Waals surface area (Å²) >= 11 is 0. The van der Waals surface area contributed by atoms with Gasteiger partial charge in [0.1, 0.15) is 0 Å². The van der Waals surface area contributed by atoms with Crippen molar-refractivity contribution in [1.29, 1.82) is 0 Å². The SMILES string of the molecule is CC(=O)Nc1c[nH]c2ccc(-c3cnn(-c4ccc(C(F)(F)F)cc4)c3)cc12. The monoisotopic (exact) mass is 384 g/mol. The first-order valence-corrected chi connectivity index (χ1v) is 8.43. The Morgan fingerprint density at radius 2 is 1.86 bits per heavy atom. The molecule has 0 saturated carbocycles. The fraction of sp³-hybridized carbons (Fsp3) is 0.100. The van der Waals surface area contributed by atoms with E-state index in [0.29, 0.717) is 11.4 Å². The van der Waals surface area contributed by atoms with Gasteiger partial charge in [-0.1, -0.05) is 6.07 Å². The highest BCUT2D eigenvalue weighted by Crippen LogP contribution is 2.31. The first-order chi connectivity index (χ1) is 13.3. The van der Waals surface area contributed by atoms with Crippen molar-refractivity contribution in [2.24, 2.45) is 0 Å². The lowest BCUT2D eigenvalue weighted by molar-refractivity contribution is -0.137. The van der Waals surface area contributed by atoms with Gasteiger partial charge in [0.05, 0.1) is 23.1 Å². The average Bonchev–Trinajstić information content (AvgIpc) is 3.28. The Kier molecular flexibility index (Phi) is 4.18. The fourth-order valence-corrected chi connectivity index (χ4v) is 3.01. The van der Waals surface area contributed by atoms with Crippen LogP contribution in [0.3, 0.4) is 0 Å². The van der Waals surface area contributed by atoms with Crippen LogP contribution in [0, 0.1) is 0 Å². The van der Waals surface area contributed by atoms with Crippen LogP contribution in [0.25, 0.3) is 27.7 Å². The van der Waals surface area contributed by atoms with E-state index in [2.05, 4.69) is 15.4 Å². The van der Waals surface area contributed by atoms with Crippen molar-refractivity contribution in [3.63, 3.8) is 0 Å². The Balaban J connectivity index is 1.66. The van der Waals surface area contributed by atoms with Gasteiger partial charge in [-0.25, -0.2) is 4.68 Å². The Morgan fingerprint density at radius 3 is 2.54 bits per heavy atom. The van der Waals surface area contributed by atoms with Gasteiger partial charge in [-0.3, -0.25) is 4.79 Å². The number of halogens is 3. The van der Waals surface area contributed by atoms with Crippen LogP contribution >= 0.6 is 0 Å². The zero-order valence-corrected chi connectivity index (χ0v) is 14.7. The molecule has 0 fully saturated rings. The van der Waals surface area contributed by atoms with Crippen molar-refractivity contribution >= 4 is 22.5 Å². The van der Waals surface area contributed by atoms with Crippen molar-refractivity contribution in [1.82, 2.24) is 14.8 Å². The van der Waals surface area contributed by atoms with Crippen LogP contribution in [0.15, 0.2) is 61.1 Å². The molecule has 0 unspecified atom stereocenters. The maximum absolute atomic E-state index is 12.7. The number of nitrogens with zero attached hydrogens (tertiary/aromatic N) is 2. The molecule has 1 amide bonds. The van der Waals surface area contributed by atoms with Gasteiger partial charge in [-0.2, -0.15) is 18.3 Å². The molecule has 0 spiro atoms. The van der Waals surface area contributed by atoms with Crippen LogP contribution in [0.4, 0.5) is 18.9 Å². The maximum Gasteiger partial charge on any atom is 0.416 e. The van der Waals surface area contributed by atoms with E-state index in [1.165, 1.54) is 23.7 Å². The number of benzene rings is 2. The first kappa shape index (κ1) is 17.8. The van der Waals surface area contributed by atoms with E-state index < -0.39 is 11.7 Å². The molecule has 0 aliphatic rings. The summed E-state index contributed by atoms with van der Waals surface area (Å²) < 4.78 is 39.6. The Morgan fingerprint density at radius 1 is 1.11 bits per heavy atom. The number of anilines is 1. The predicted molar refractivity (Wildman–Crippen MR) is 100 cm³/mol. The van der Waals surface area contributed by atoms with E-state index in [9.17, 15) is 18.0 Å². The number of alkyl halides is 3. The number of carbonyl (C=O) groups excluding carboxylic acids is 1. The minimum atomic E-state index is -4.37. The zero-order valence-electron chi connectivity index (χ0n) is 14.7. The Bertz CT molecular complexity index is 1160. The van der Waals surface area contributed by atoms with Crippen LogP contribution in [-0.4, -0.2) is 20.7 Å². The summed E-state index contributed by atoms with van der Waals surface area (Å²) in [7, 11) is 0. The number of H-pyrrole nitrogens is 1. The van der Waals surface area contributed by atoms with Crippen LogP contribution in [-0.2, 0) is 11.0 Å². The molecular formula is C20H15F3N4O. The molecule has 0 atom stereocenters. The minimum Gasteiger partial charge on any atom is -0.359 e. The van der Waals surface area contributed by atoms with Gasteiger partial charge >= 0.3 is 6.18 Å². The summed E-state index contributed by atoms with van der Waals surface area (Å²) in [6.45, 7) is 1.44. The van der Waals surface area contributed by atoms with Gasteiger partial charge in [0.25, 0.3) is 0 Å². The second-order valence-corrected chi connectivity index (χ2v) is 6.36. The summed E-state index contributed by atoms with van der Waals surface area (Å²) in [6, 6.07) is 10.5. The summed E-state index contributed by atoms with van der Waals surface area (Å²) in [6.07, 6.45) is 0.741. The van der Waals surface area contributed by atoms with Gasteiger partial charge in [-0.15, -0.1) is 0 Å². The second-order valence-electron chi connectivity index (χ2n) is 6.36. The van der Waals surface area contributed by atoms with Crippen molar-refractivity contribution in [2.45, 2.75) is 13.1 Å². The van der Waals surface area contributed by atoms with Gasteiger partial charge in [0.15, 0.2) is 0 Å². The van der Waals surface area contributed by atoms with Crippen molar-refractivity contribution in [3.8, 4) is 16.8 Å². The highest BCUT2D eigenvalue weighted by atomic mass is 19.4. The molecule has 2 aromatic heterocycles. The van der Waals surface area contributed by atoms with Crippen LogP contribution in [0.5, 0.6) is 0 Å². The number of carbonyl (C=O) groups is 1. The largest absolute Gasteiger partial charge is 0.416 e. The van der Waals surface area contributed by atoms with Crippen molar-refractivity contribution in [2.75, 3.05) is 5.32 Å². The fourth-order valence-electron chi connectivity index (χ4n) is 3.01. The van der Waals surface area contributed by atoms with Crippen LogP contribution < -0.4 is 5.32 Å². The highest BCUT2D eigenvalue weighted by molar-refractivity contribution is 6.02. The Labute approximate surface area is 157 Å². The van der Waals surface area contributed by atoms with Gasteiger partial charge in [-0.05, 0) is 42.0 Å². The number of fused-ring (bicyclic) bond motifs is 1. The summed E-state index contributed by atoms with van der Waals surface area (Å²) in [5.41, 5.74) is 3.06. The number of aromatic amines is 1. The molecule has 2 aromatic carbocycles. The Hall–Kier alpha value is -3.55. The number of amides is 1. The summed E-state index contributed by atoms with van der Waals surface area (Å²) in [5, 5.41) is 7.88. The lowest BCUT2D eigenvalue weighted by Gasteiger charge is -2.07. The normalized spacial score (nSPS) is 11.7. The second kappa shape index (κ2) is 6.56. The third-order valence-corrected chi connectivity index (χ3v) is 4.37. The van der Waals surface area contributed by atoms with E-state index in [1.54, 1.807) is 18.6 Å². The quantitative estimate of drug-likeness (QED) is 0.522. The van der Waals surface area contributed by atoms with Gasteiger partial charge < -0.3 is 10.3 Å². The number of nitrogens with one attached hydrogen (secondary N) is 2.